The lowest BCUT2D eigenvalue weighted by Crippen LogP contribution is -2.25. The molecular weight excluding hydrogens is 226 g/mol. The van der Waals surface area contributed by atoms with Gasteiger partial charge in [0, 0.05) is 25.9 Å². The Morgan fingerprint density at radius 3 is 2.78 bits per heavy atom. The number of hydrogen-bond acceptors (Lipinski definition) is 3. The molecule has 0 aliphatic carbocycles. The highest BCUT2D eigenvalue weighted by molar-refractivity contribution is 4.99. The molecule has 0 aliphatic heterocycles. The van der Waals surface area contributed by atoms with E-state index in [0.29, 0.717) is 12.0 Å². The van der Waals surface area contributed by atoms with Gasteiger partial charge in [-0.3, -0.25) is 4.68 Å². The van der Waals surface area contributed by atoms with Crippen LogP contribution in [-0.2, 0) is 11.2 Å². The quantitative estimate of drug-likeness (QED) is 0.686. The lowest BCUT2D eigenvalue weighted by atomic mass is 10.0. The SMILES string of the molecule is COCCNCC(C)CCc1ccn(C(C)C)n1. The Labute approximate surface area is 111 Å². The first-order valence-corrected chi connectivity index (χ1v) is 6.87. The Bertz CT molecular complexity index is 323. The number of nitrogens with one attached hydrogen (secondary N) is 1. The van der Waals surface area contributed by atoms with Crippen LogP contribution >= 0.6 is 0 Å². The number of methoxy groups -OCH3 is 1. The van der Waals surface area contributed by atoms with E-state index >= 15 is 0 Å². The third kappa shape index (κ3) is 5.65. The van der Waals surface area contributed by atoms with Gasteiger partial charge in [0.15, 0.2) is 0 Å². The van der Waals surface area contributed by atoms with Crippen molar-refractivity contribution in [1.82, 2.24) is 15.1 Å². The number of ether oxygens (including phenoxy) is 1. The van der Waals surface area contributed by atoms with Gasteiger partial charge in [-0.15, -0.1) is 0 Å². The first kappa shape index (κ1) is 15.2. The smallest absolute Gasteiger partial charge is 0.0624 e. The second kappa shape index (κ2) is 8.27. The second-order valence-corrected chi connectivity index (χ2v) is 5.22. The van der Waals surface area contributed by atoms with Gasteiger partial charge in [-0.05, 0) is 45.2 Å². The Morgan fingerprint density at radius 2 is 2.17 bits per heavy atom. The fourth-order valence-electron chi connectivity index (χ4n) is 1.82. The monoisotopic (exact) mass is 253 g/mol. The maximum Gasteiger partial charge on any atom is 0.0624 e. The van der Waals surface area contributed by atoms with Crippen molar-refractivity contribution >= 4 is 0 Å². The molecule has 0 fully saturated rings. The summed E-state index contributed by atoms with van der Waals surface area (Å²) in [5.74, 6) is 0.672. The average Bonchev–Trinajstić information content (AvgIpc) is 2.81. The van der Waals surface area contributed by atoms with Crippen molar-refractivity contribution in [3.05, 3.63) is 18.0 Å². The van der Waals surface area contributed by atoms with Crippen molar-refractivity contribution in [3.8, 4) is 0 Å². The van der Waals surface area contributed by atoms with Gasteiger partial charge in [-0.1, -0.05) is 6.92 Å². The van der Waals surface area contributed by atoms with Gasteiger partial charge >= 0.3 is 0 Å². The van der Waals surface area contributed by atoms with Gasteiger partial charge in [0.2, 0.25) is 0 Å². The molecule has 0 spiro atoms. The normalized spacial score (nSPS) is 13.2. The molecule has 0 aliphatic rings. The molecule has 1 N–H and O–H groups in total. The van der Waals surface area contributed by atoms with Crippen molar-refractivity contribution in [2.75, 3.05) is 26.8 Å². The third-order valence-electron chi connectivity index (χ3n) is 3.06. The van der Waals surface area contributed by atoms with Gasteiger partial charge in [0.05, 0.1) is 12.3 Å². The summed E-state index contributed by atoms with van der Waals surface area (Å²) in [6.07, 6.45) is 4.31. The molecule has 18 heavy (non-hydrogen) atoms. The van der Waals surface area contributed by atoms with Crippen molar-refractivity contribution in [1.29, 1.82) is 0 Å². The summed E-state index contributed by atoms with van der Waals surface area (Å²) in [6.45, 7) is 9.35. The van der Waals surface area contributed by atoms with Crippen LogP contribution in [0.1, 0.15) is 38.9 Å². The van der Waals surface area contributed by atoms with Crippen LogP contribution in [0.25, 0.3) is 0 Å². The minimum atomic E-state index is 0.451. The van der Waals surface area contributed by atoms with Crippen molar-refractivity contribution in [2.24, 2.45) is 5.92 Å². The molecule has 0 bridgehead atoms. The Balaban J connectivity index is 2.18. The van der Waals surface area contributed by atoms with Gasteiger partial charge in [0.1, 0.15) is 0 Å². The summed E-state index contributed by atoms with van der Waals surface area (Å²) in [4.78, 5) is 0. The minimum Gasteiger partial charge on any atom is -0.383 e. The predicted octanol–water partition coefficient (Wildman–Crippen LogP) is 2.27. The van der Waals surface area contributed by atoms with Crippen LogP contribution in [0.3, 0.4) is 0 Å². The van der Waals surface area contributed by atoms with Crippen LogP contribution in [-0.4, -0.2) is 36.6 Å². The molecule has 1 rings (SSSR count). The van der Waals surface area contributed by atoms with Crippen LogP contribution in [0.5, 0.6) is 0 Å². The summed E-state index contributed by atoms with van der Waals surface area (Å²) in [6, 6.07) is 2.58. The highest BCUT2D eigenvalue weighted by Gasteiger charge is 2.05. The second-order valence-electron chi connectivity index (χ2n) is 5.22. The number of rotatable bonds is 9. The lowest BCUT2D eigenvalue weighted by molar-refractivity contribution is 0.198. The van der Waals surface area contributed by atoms with E-state index in [-0.39, 0.29) is 0 Å². The van der Waals surface area contributed by atoms with Gasteiger partial charge < -0.3 is 10.1 Å². The molecule has 1 atom stereocenters. The summed E-state index contributed by atoms with van der Waals surface area (Å²) in [5.41, 5.74) is 1.20. The number of aryl methyl sites for hydroxylation is 1. The lowest BCUT2D eigenvalue weighted by Gasteiger charge is -2.11. The molecule has 0 radical (unpaired) electrons. The van der Waals surface area contributed by atoms with Crippen molar-refractivity contribution in [3.63, 3.8) is 0 Å². The highest BCUT2D eigenvalue weighted by Crippen LogP contribution is 2.09. The molecule has 0 aromatic carbocycles. The van der Waals surface area contributed by atoms with E-state index in [4.69, 9.17) is 4.74 Å². The fraction of sp³-hybridized carbons (Fsp3) is 0.786. The maximum absolute atomic E-state index is 5.00. The first-order valence-electron chi connectivity index (χ1n) is 6.87. The molecule has 1 unspecified atom stereocenters. The van der Waals surface area contributed by atoms with E-state index in [1.807, 2.05) is 4.68 Å². The number of nitrogens with zero attached hydrogens (tertiary/aromatic N) is 2. The molecule has 4 heteroatoms. The predicted molar refractivity (Wildman–Crippen MR) is 74.8 cm³/mol. The van der Waals surface area contributed by atoms with Crippen LogP contribution in [0, 0.1) is 5.92 Å². The van der Waals surface area contributed by atoms with E-state index in [9.17, 15) is 0 Å². The Hall–Kier alpha value is -0.870. The van der Waals surface area contributed by atoms with Crippen LogP contribution in [0.15, 0.2) is 12.3 Å². The standard InChI is InChI=1S/C14H27N3O/c1-12(2)17-9-7-14(16-17)6-5-13(3)11-15-8-10-18-4/h7,9,12-13,15H,5-6,8,10-11H2,1-4H3. The molecule has 0 amide bonds. The number of hydrogen-bond donors (Lipinski definition) is 1. The molecule has 0 saturated carbocycles. The molecule has 0 saturated heterocycles. The highest BCUT2D eigenvalue weighted by atomic mass is 16.5. The first-order chi connectivity index (χ1) is 8.63. The minimum absolute atomic E-state index is 0.451. The molecule has 104 valence electrons. The Morgan fingerprint density at radius 1 is 1.39 bits per heavy atom. The van der Waals surface area contributed by atoms with E-state index in [0.717, 1.165) is 26.1 Å². The fourth-order valence-corrected chi connectivity index (χ4v) is 1.82. The summed E-state index contributed by atoms with van der Waals surface area (Å²) in [7, 11) is 1.73. The largest absolute Gasteiger partial charge is 0.383 e. The molecule has 1 aromatic rings. The van der Waals surface area contributed by atoms with Crippen LogP contribution in [0.4, 0.5) is 0 Å². The molecule has 1 heterocycles. The van der Waals surface area contributed by atoms with Crippen molar-refractivity contribution < 1.29 is 4.74 Å². The molecule has 4 nitrogen and oxygen atoms in total. The molecule has 1 aromatic heterocycles. The summed E-state index contributed by atoms with van der Waals surface area (Å²) < 4.78 is 7.03. The van der Waals surface area contributed by atoms with Crippen LogP contribution in [0.2, 0.25) is 0 Å². The molecular formula is C14H27N3O. The average molecular weight is 253 g/mol. The summed E-state index contributed by atoms with van der Waals surface area (Å²) >= 11 is 0. The van der Waals surface area contributed by atoms with Gasteiger partial charge in [0.25, 0.3) is 0 Å². The zero-order chi connectivity index (χ0) is 13.4. The maximum atomic E-state index is 5.00. The zero-order valence-corrected chi connectivity index (χ0v) is 12.1. The number of aromatic nitrogens is 2. The van der Waals surface area contributed by atoms with Crippen LogP contribution < -0.4 is 5.32 Å². The third-order valence-corrected chi connectivity index (χ3v) is 3.06. The topological polar surface area (TPSA) is 39.1 Å². The Kier molecular flexibility index (Phi) is 6.98. The summed E-state index contributed by atoms with van der Waals surface area (Å²) in [5, 5.41) is 7.96. The van der Waals surface area contributed by atoms with E-state index < -0.39 is 0 Å². The zero-order valence-electron chi connectivity index (χ0n) is 12.1. The van der Waals surface area contributed by atoms with Gasteiger partial charge in [-0.25, -0.2) is 0 Å². The van der Waals surface area contributed by atoms with E-state index in [1.54, 1.807) is 7.11 Å². The van der Waals surface area contributed by atoms with E-state index in [2.05, 4.69) is 43.4 Å². The van der Waals surface area contributed by atoms with Crippen molar-refractivity contribution in [2.45, 2.75) is 39.7 Å². The van der Waals surface area contributed by atoms with E-state index in [1.165, 1.54) is 12.1 Å². The van der Waals surface area contributed by atoms with Gasteiger partial charge in [-0.2, -0.15) is 5.10 Å².